The van der Waals surface area contributed by atoms with Gasteiger partial charge in [-0.2, -0.15) is 5.26 Å². The minimum Gasteiger partial charge on any atom is -0.480 e. The fraction of sp³-hybridized carbons (Fsp3) is 0.111. The third-order valence-electron chi connectivity index (χ3n) is 1.44. The minimum absolute atomic E-state index is 0.397. The number of nitriles is 1. The summed E-state index contributed by atoms with van der Waals surface area (Å²) in [6.07, 6.45) is 4.58. The van der Waals surface area contributed by atoms with Crippen molar-refractivity contribution < 1.29 is 4.74 Å². The van der Waals surface area contributed by atoms with Gasteiger partial charge in [-0.05, 0) is 17.7 Å². The van der Waals surface area contributed by atoms with E-state index in [1.807, 2.05) is 6.07 Å². The summed E-state index contributed by atoms with van der Waals surface area (Å²) in [5.74, 6) is 0.397. The fourth-order valence-electron chi connectivity index (χ4n) is 0.881. The van der Waals surface area contributed by atoms with Crippen LogP contribution in [0, 0.1) is 11.3 Å². The molecule has 4 nitrogen and oxygen atoms in total. The smallest absolute Gasteiger partial charge is 0.236 e. The van der Waals surface area contributed by atoms with E-state index in [1.165, 1.54) is 13.2 Å². The Labute approximate surface area is 76.3 Å². The van der Waals surface area contributed by atoms with Crippen molar-refractivity contribution in [1.82, 2.24) is 4.98 Å². The summed E-state index contributed by atoms with van der Waals surface area (Å²) in [4.78, 5) is 3.94. The highest BCUT2D eigenvalue weighted by Gasteiger charge is 1.99. The van der Waals surface area contributed by atoms with Crippen molar-refractivity contribution in [3.8, 4) is 11.9 Å². The molecule has 0 spiro atoms. The number of allylic oxidation sites excluding steroid dienone is 1. The molecular weight excluding hydrogens is 166 g/mol. The number of methoxy groups -OCH3 is 1. The van der Waals surface area contributed by atoms with E-state index in [0.717, 1.165) is 5.56 Å². The molecule has 0 atom stereocenters. The quantitative estimate of drug-likeness (QED) is 0.685. The summed E-state index contributed by atoms with van der Waals surface area (Å²) in [7, 11) is 1.50. The van der Waals surface area contributed by atoms with Gasteiger partial charge in [-0.15, -0.1) is 0 Å². The maximum Gasteiger partial charge on any atom is 0.236 e. The second kappa shape index (κ2) is 4.12. The summed E-state index contributed by atoms with van der Waals surface area (Å²) in [5, 5.41) is 8.28. The summed E-state index contributed by atoms with van der Waals surface area (Å²) >= 11 is 0. The van der Waals surface area contributed by atoms with Gasteiger partial charge in [0.05, 0.1) is 18.9 Å². The molecule has 1 heterocycles. The molecule has 0 unspecified atom stereocenters. The van der Waals surface area contributed by atoms with E-state index in [1.54, 1.807) is 18.3 Å². The first-order chi connectivity index (χ1) is 6.27. The number of ether oxygens (including phenoxy) is 1. The molecular formula is C9H9N3O. The van der Waals surface area contributed by atoms with Crippen LogP contribution >= 0.6 is 0 Å². The largest absolute Gasteiger partial charge is 0.480 e. The first kappa shape index (κ1) is 9.07. The summed E-state index contributed by atoms with van der Waals surface area (Å²) in [6.45, 7) is 0. The lowest BCUT2D eigenvalue weighted by Gasteiger charge is -2.02. The minimum atomic E-state index is 0.397. The van der Waals surface area contributed by atoms with Crippen LogP contribution in [0.15, 0.2) is 18.3 Å². The standard InChI is InChI=1S/C9H9N3O/c1-13-9-8(11)5-7(6-12-9)3-2-4-10/h2-3,5-6H,11H2,1H3. The van der Waals surface area contributed by atoms with Crippen LogP contribution in [0.5, 0.6) is 5.88 Å². The van der Waals surface area contributed by atoms with Crippen LogP contribution in [0.4, 0.5) is 5.69 Å². The molecule has 0 radical (unpaired) electrons. The van der Waals surface area contributed by atoms with Crippen molar-refractivity contribution in [2.24, 2.45) is 0 Å². The highest BCUT2D eigenvalue weighted by atomic mass is 16.5. The lowest BCUT2D eigenvalue weighted by Crippen LogP contribution is -1.95. The average Bonchev–Trinajstić information content (AvgIpc) is 2.15. The van der Waals surface area contributed by atoms with Gasteiger partial charge in [0, 0.05) is 12.3 Å². The first-order valence-electron chi connectivity index (χ1n) is 3.63. The van der Waals surface area contributed by atoms with Gasteiger partial charge >= 0.3 is 0 Å². The third kappa shape index (κ3) is 2.20. The number of pyridine rings is 1. The van der Waals surface area contributed by atoms with Gasteiger partial charge in [0.2, 0.25) is 5.88 Å². The Balaban J connectivity index is 2.97. The Morgan fingerprint density at radius 3 is 3.00 bits per heavy atom. The van der Waals surface area contributed by atoms with Gasteiger partial charge in [-0.25, -0.2) is 4.98 Å². The number of hydrogen-bond acceptors (Lipinski definition) is 4. The van der Waals surface area contributed by atoms with Gasteiger partial charge in [-0.3, -0.25) is 0 Å². The van der Waals surface area contributed by atoms with Crippen LogP contribution in [-0.2, 0) is 0 Å². The molecule has 2 N–H and O–H groups in total. The summed E-state index contributed by atoms with van der Waals surface area (Å²) in [5.41, 5.74) is 6.84. The number of hydrogen-bond donors (Lipinski definition) is 1. The van der Waals surface area contributed by atoms with E-state index in [9.17, 15) is 0 Å². The van der Waals surface area contributed by atoms with Crippen molar-refractivity contribution in [2.75, 3.05) is 12.8 Å². The van der Waals surface area contributed by atoms with Crippen LogP contribution in [0.1, 0.15) is 5.56 Å². The van der Waals surface area contributed by atoms with Gasteiger partial charge in [-0.1, -0.05) is 0 Å². The number of rotatable bonds is 2. The molecule has 66 valence electrons. The maximum atomic E-state index is 8.28. The van der Waals surface area contributed by atoms with E-state index in [4.69, 9.17) is 15.7 Å². The lowest BCUT2D eigenvalue weighted by atomic mass is 10.2. The molecule has 1 aromatic rings. The zero-order valence-corrected chi connectivity index (χ0v) is 7.19. The highest BCUT2D eigenvalue weighted by molar-refractivity contribution is 5.59. The predicted octanol–water partition coefficient (Wildman–Crippen LogP) is 1.21. The molecule has 13 heavy (non-hydrogen) atoms. The van der Waals surface area contributed by atoms with E-state index < -0.39 is 0 Å². The van der Waals surface area contributed by atoms with E-state index >= 15 is 0 Å². The Kier molecular flexibility index (Phi) is 2.87. The number of nitrogens with two attached hydrogens (primary N) is 1. The molecule has 0 amide bonds. The summed E-state index contributed by atoms with van der Waals surface area (Å²) < 4.78 is 4.88. The molecule has 0 aromatic carbocycles. The topological polar surface area (TPSA) is 71.9 Å². The molecule has 0 aliphatic heterocycles. The van der Waals surface area contributed by atoms with E-state index in [2.05, 4.69) is 4.98 Å². The second-order valence-electron chi connectivity index (χ2n) is 2.33. The van der Waals surface area contributed by atoms with Crippen molar-refractivity contribution in [3.63, 3.8) is 0 Å². The fourth-order valence-corrected chi connectivity index (χ4v) is 0.881. The van der Waals surface area contributed by atoms with Crippen LogP contribution in [0.25, 0.3) is 6.08 Å². The van der Waals surface area contributed by atoms with Gasteiger partial charge < -0.3 is 10.5 Å². The predicted molar refractivity (Wildman–Crippen MR) is 49.8 cm³/mol. The van der Waals surface area contributed by atoms with Gasteiger partial charge in [0.15, 0.2) is 0 Å². The van der Waals surface area contributed by atoms with Crippen LogP contribution < -0.4 is 10.5 Å². The Morgan fingerprint density at radius 1 is 1.69 bits per heavy atom. The lowest BCUT2D eigenvalue weighted by molar-refractivity contribution is 0.400. The first-order valence-corrected chi connectivity index (χ1v) is 3.63. The summed E-state index contributed by atoms with van der Waals surface area (Å²) in [6, 6.07) is 3.58. The molecule has 4 heteroatoms. The Bertz CT molecular complexity index is 366. The SMILES string of the molecule is COc1ncc(C=CC#N)cc1N. The molecule has 0 saturated heterocycles. The van der Waals surface area contributed by atoms with Crippen molar-refractivity contribution in [3.05, 3.63) is 23.9 Å². The normalized spacial score (nSPS) is 9.85. The molecule has 0 fully saturated rings. The van der Waals surface area contributed by atoms with Crippen molar-refractivity contribution >= 4 is 11.8 Å². The van der Waals surface area contributed by atoms with Crippen LogP contribution in [0.2, 0.25) is 0 Å². The van der Waals surface area contributed by atoms with Crippen LogP contribution in [-0.4, -0.2) is 12.1 Å². The number of nitrogen functional groups attached to an aromatic ring is 1. The monoisotopic (exact) mass is 175 g/mol. The highest BCUT2D eigenvalue weighted by Crippen LogP contribution is 2.18. The van der Waals surface area contributed by atoms with Crippen molar-refractivity contribution in [2.45, 2.75) is 0 Å². The molecule has 1 aromatic heterocycles. The van der Waals surface area contributed by atoms with E-state index in [-0.39, 0.29) is 0 Å². The molecule has 0 aliphatic carbocycles. The molecule has 1 rings (SSSR count). The van der Waals surface area contributed by atoms with Gasteiger partial charge in [0.25, 0.3) is 0 Å². The zero-order valence-electron chi connectivity index (χ0n) is 7.19. The Hall–Kier alpha value is -2.02. The molecule has 0 bridgehead atoms. The molecule has 0 aliphatic rings. The average molecular weight is 175 g/mol. The molecule has 0 saturated carbocycles. The van der Waals surface area contributed by atoms with Crippen LogP contribution in [0.3, 0.4) is 0 Å². The zero-order chi connectivity index (χ0) is 9.68. The number of anilines is 1. The number of aromatic nitrogens is 1. The number of nitrogens with zero attached hydrogens (tertiary/aromatic N) is 2. The Morgan fingerprint density at radius 2 is 2.46 bits per heavy atom. The third-order valence-corrected chi connectivity index (χ3v) is 1.44. The maximum absolute atomic E-state index is 8.28. The van der Waals surface area contributed by atoms with Gasteiger partial charge in [0.1, 0.15) is 0 Å². The second-order valence-corrected chi connectivity index (χ2v) is 2.33. The van der Waals surface area contributed by atoms with Crippen molar-refractivity contribution in [1.29, 1.82) is 5.26 Å². The van der Waals surface area contributed by atoms with E-state index in [0.29, 0.717) is 11.6 Å².